The molecule has 0 radical (unpaired) electrons. The molecule has 5 rings (SSSR count). The number of rotatable bonds is 11. The van der Waals surface area contributed by atoms with Crippen LogP contribution in [-0.4, -0.2) is 11.1 Å². The summed E-state index contributed by atoms with van der Waals surface area (Å²) in [5.74, 6) is -1.00. The van der Waals surface area contributed by atoms with Gasteiger partial charge in [0.1, 0.15) is 12.1 Å². The predicted molar refractivity (Wildman–Crippen MR) is 147 cm³/mol. The standard InChI is InChI=1S/C33H40N2O2/c1-3-5-7-9-24-10-12-26(30(23-35)29(24)22-34)28-21-25(11-13-27(28)31(36)37)33-18-15-32(16-19-33,17-20-33)14-8-6-4-2/h10-13,21H,3-9,14-20H2,1-2H3,(H,36,37). The van der Waals surface area contributed by atoms with E-state index in [4.69, 9.17) is 0 Å². The Morgan fingerprint density at radius 3 is 2.08 bits per heavy atom. The molecule has 0 aliphatic heterocycles. The molecule has 3 saturated carbocycles. The zero-order chi connectivity index (χ0) is 26.5. The average Bonchev–Trinajstić information content (AvgIpc) is 2.93. The molecule has 37 heavy (non-hydrogen) atoms. The van der Waals surface area contributed by atoms with Gasteiger partial charge < -0.3 is 5.11 Å². The number of carboxylic acid groups (broad SMARTS) is 1. The second-order valence-corrected chi connectivity index (χ2v) is 11.5. The van der Waals surface area contributed by atoms with Gasteiger partial charge in [-0.15, -0.1) is 0 Å². The van der Waals surface area contributed by atoms with Crippen molar-refractivity contribution in [2.45, 2.75) is 109 Å². The van der Waals surface area contributed by atoms with Crippen LogP contribution in [0.3, 0.4) is 0 Å². The third-order valence-electron chi connectivity index (χ3n) is 9.43. The van der Waals surface area contributed by atoms with Crippen LogP contribution in [0.2, 0.25) is 0 Å². The van der Waals surface area contributed by atoms with Crippen molar-refractivity contribution in [1.82, 2.24) is 0 Å². The van der Waals surface area contributed by atoms with Crippen LogP contribution in [0.5, 0.6) is 0 Å². The van der Waals surface area contributed by atoms with Gasteiger partial charge in [-0.3, -0.25) is 0 Å². The number of hydrogen-bond acceptors (Lipinski definition) is 3. The summed E-state index contributed by atoms with van der Waals surface area (Å²) in [4.78, 5) is 12.3. The summed E-state index contributed by atoms with van der Waals surface area (Å²) < 4.78 is 0. The van der Waals surface area contributed by atoms with Crippen LogP contribution in [-0.2, 0) is 11.8 Å². The molecule has 194 valence electrons. The van der Waals surface area contributed by atoms with Crippen LogP contribution in [0, 0.1) is 28.1 Å². The van der Waals surface area contributed by atoms with E-state index in [1.165, 1.54) is 50.5 Å². The molecule has 3 aliphatic rings. The van der Waals surface area contributed by atoms with Crippen LogP contribution >= 0.6 is 0 Å². The van der Waals surface area contributed by atoms with E-state index in [9.17, 15) is 20.4 Å². The molecular weight excluding hydrogens is 456 g/mol. The number of aromatic carboxylic acids is 1. The fourth-order valence-electron chi connectivity index (χ4n) is 6.99. The SMILES string of the molecule is CCCCCc1ccc(-c2cc(C34CCC(CCCCC)(CC3)CC4)ccc2C(=O)O)c(C#N)c1C#N. The summed E-state index contributed by atoms with van der Waals surface area (Å²) in [6.45, 7) is 4.40. The van der Waals surface area contributed by atoms with Gasteiger partial charge in [-0.05, 0) is 97.4 Å². The van der Waals surface area contributed by atoms with E-state index in [0.29, 0.717) is 27.7 Å². The van der Waals surface area contributed by atoms with Crippen molar-refractivity contribution in [3.8, 4) is 23.3 Å². The third-order valence-corrected chi connectivity index (χ3v) is 9.43. The fourth-order valence-corrected chi connectivity index (χ4v) is 6.99. The predicted octanol–water partition coefficient (Wildman–Crippen LogP) is 8.70. The normalized spacial score (nSPS) is 22.4. The van der Waals surface area contributed by atoms with E-state index in [1.807, 2.05) is 24.3 Å². The van der Waals surface area contributed by atoms with Crippen molar-refractivity contribution in [2.75, 3.05) is 0 Å². The average molecular weight is 497 g/mol. The minimum Gasteiger partial charge on any atom is -0.478 e. The second kappa shape index (κ2) is 11.5. The van der Waals surface area contributed by atoms with Gasteiger partial charge >= 0.3 is 5.97 Å². The Hall–Kier alpha value is -3.11. The summed E-state index contributed by atoms with van der Waals surface area (Å²) in [7, 11) is 0. The zero-order valence-corrected chi connectivity index (χ0v) is 22.5. The van der Waals surface area contributed by atoms with Gasteiger partial charge in [0.15, 0.2) is 0 Å². The summed E-state index contributed by atoms with van der Waals surface area (Å²) in [5.41, 5.74) is 4.68. The number of aryl methyl sites for hydroxylation is 1. The Morgan fingerprint density at radius 1 is 0.838 bits per heavy atom. The Balaban J connectivity index is 1.71. The van der Waals surface area contributed by atoms with Gasteiger partial charge in [0.05, 0.1) is 16.7 Å². The van der Waals surface area contributed by atoms with Crippen molar-refractivity contribution in [3.63, 3.8) is 0 Å². The van der Waals surface area contributed by atoms with Crippen molar-refractivity contribution < 1.29 is 9.90 Å². The molecule has 0 spiro atoms. The second-order valence-electron chi connectivity index (χ2n) is 11.5. The number of benzene rings is 2. The van der Waals surface area contributed by atoms with Crippen molar-refractivity contribution in [3.05, 3.63) is 58.1 Å². The van der Waals surface area contributed by atoms with Crippen LogP contribution in [0.25, 0.3) is 11.1 Å². The quantitative estimate of drug-likeness (QED) is 0.315. The van der Waals surface area contributed by atoms with Gasteiger partial charge in [-0.1, -0.05) is 64.2 Å². The molecule has 4 nitrogen and oxygen atoms in total. The van der Waals surface area contributed by atoms with Crippen molar-refractivity contribution >= 4 is 5.97 Å². The zero-order valence-electron chi connectivity index (χ0n) is 22.5. The first kappa shape index (κ1) is 26.9. The minimum atomic E-state index is -1.00. The van der Waals surface area contributed by atoms with Crippen LogP contribution in [0.15, 0.2) is 30.3 Å². The lowest BCUT2D eigenvalue weighted by Gasteiger charge is -2.54. The molecule has 2 bridgehead atoms. The number of unbranched alkanes of at least 4 members (excludes halogenated alkanes) is 4. The van der Waals surface area contributed by atoms with Crippen molar-refractivity contribution in [2.24, 2.45) is 5.41 Å². The highest BCUT2D eigenvalue weighted by molar-refractivity contribution is 5.97. The van der Waals surface area contributed by atoms with E-state index in [1.54, 1.807) is 6.07 Å². The van der Waals surface area contributed by atoms with Gasteiger partial charge in [0.2, 0.25) is 0 Å². The molecule has 0 unspecified atom stereocenters. The monoisotopic (exact) mass is 496 g/mol. The van der Waals surface area contributed by atoms with Gasteiger partial charge in [-0.25, -0.2) is 4.79 Å². The molecule has 0 atom stereocenters. The molecule has 0 aromatic heterocycles. The maximum atomic E-state index is 12.3. The highest BCUT2D eigenvalue weighted by atomic mass is 16.4. The highest BCUT2D eigenvalue weighted by Crippen LogP contribution is 2.59. The topological polar surface area (TPSA) is 84.9 Å². The van der Waals surface area contributed by atoms with E-state index < -0.39 is 5.97 Å². The molecule has 1 N–H and O–H groups in total. The van der Waals surface area contributed by atoms with Crippen LogP contribution in [0.4, 0.5) is 0 Å². The Morgan fingerprint density at radius 2 is 1.49 bits per heavy atom. The molecular formula is C33H40N2O2. The summed E-state index contributed by atoms with van der Waals surface area (Å²) in [6.07, 6.45) is 16.3. The molecule has 0 saturated heterocycles. The molecule has 4 heteroatoms. The number of carbonyl (C=O) groups is 1. The lowest BCUT2D eigenvalue weighted by atomic mass is 9.51. The summed E-state index contributed by atoms with van der Waals surface area (Å²) in [5, 5.41) is 30.1. The van der Waals surface area contributed by atoms with E-state index in [2.05, 4.69) is 26.0 Å². The Labute approximate surface area is 222 Å². The summed E-state index contributed by atoms with van der Waals surface area (Å²) in [6, 6.07) is 14.1. The van der Waals surface area contributed by atoms with Gasteiger partial charge in [0.25, 0.3) is 0 Å². The maximum absolute atomic E-state index is 12.3. The van der Waals surface area contributed by atoms with E-state index >= 15 is 0 Å². The number of fused-ring (bicyclic) bond motifs is 3. The van der Waals surface area contributed by atoms with Crippen molar-refractivity contribution in [1.29, 1.82) is 10.5 Å². The van der Waals surface area contributed by atoms with E-state index in [-0.39, 0.29) is 11.0 Å². The van der Waals surface area contributed by atoms with Gasteiger partial charge in [-0.2, -0.15) is 10.5 Å². The van der Waals surface area contributed by atoms with Crippen LogP contribution < -0.4 is 0 Å². The summed E-state index contributed by atoms with van der Waals surface area (Å²) >= 11 is 0. The highest BCUT2D eigenvalue weighted by Gasteiger charge is 2.48. The first-order valence-corrected chi connectivity index (χ1v) is 14.3. The molecule has 0 amide bonds. The number of nitriles is 2. The third kappa shape index (κ3) is 5.31. The number of carboxylic acids is 1. The molecule has 0 heterocycles. The largest absolute Gasteiger partial charge is 0.478 e. The Kier molecular flexibility index (Phi) is 8.39. The maximum Gasteiger partial charge on any atom is 0.336 e. The smallest absolute Gasteiger partial charge is 0.336 e. The fraction of sp³-hybridized carbons (Fsp3) is 0.545. The Bertz CT molecular complexity index is 1210. The van der Waals surface area contributed by atoms with E-state index in [0.717, 1.165) is 50.5 Å². The molecule has 3 aliphatic carbocycles. The molecule has 3 fully saturated rings. The van der Waals surface area contributed by atoms with Gasteiger partial charge in [0, 0.05) is 5.56 Å². The lowest BCUT2D eigenvalue weighted by Crippen LogP contribution is -2.44. The first-order valence-electron chi connectivity index (χ1n) is 14.3. The molecule has 2 aromatic rings. The first-order chi connectivity index (χ1) is 17.9. The lowest BCUT2D eigenvalue weighted by molar-refractivity contribution is 0.0305. The minimum absolute atomic E-state index is 0.0866. The molecule has 2 aromatic carbocycles. The number of nitrogens with zero attached hydrogens (tertiary/aromatic N) is 2. The number of hydrogen-bond donors (Lipinski definition) is 1. The van der Waals surface area contributed by atoms with Crippen LogP contribution in [0.1, 0.15) is 130 Å².